The number of aromatic nitrogens is 2. The van der Waals surface area contributed by atoms with Crippen molar-refractivity contribution < 1.29 is 0 Å². The van der Waals surface area contributed by atoms with Crippen LogP contribution in [0.5, 0.6) is 0 Å². The van der Waals surface area contributed by atoms with E-state index in [-0.39, 0.29) is 0 Å². The zero-order chi connectivity index (χ0) is 12.3. The predicted molar refractivity (Wildman–Crippen MR) is 73.3 cm³/mol. The lowest BCUT2D eigenvalue weighted by molar-refractivity contribution is 0.519. The lowest BCUT2D eigenvalue weighted by Crippen LogP contribution is -2.12. The monoisotopic (exact) mass is 231 g/mol. The normalized spacial score (nSPS) is 11.3. The second kappa shape index (κ2) is 5.21. The molecule has 1 aromatic carbocycles. The van der Waals surface area contributed by atoms with Gasteiger partial charge >= 0.3 is 0 Å². The summed E-state index contributed by atoms with van der Waals surface area (Å²) in [6.45, 7) is 5.55. The van der Waals surface area contributed by atoms with Crippen LogP contribution in [0.4, 0.5) is 5.69 Å². The summed E-state index contributed by atoms with van der Waals surface area (Å²) in [5.41, 5.74) is 2.37. The molecule has 0 aliphatic rings. The third-order valence-electron chi connectivity index (χ3n) is 3.50. The molecule has 2 aromatic rings. The van der Waals surface area contributed by atoms with Crippen LogP contribution < -0.4 is 5.32 Å². The van der Waals surface area contributed by atoms with E-state index in [4.69, 9.17) is 0 Å². The van der Waals surface area contributed by atoms with Gasteiger partial charge in [0, 0.05) is 24.7 Å². The summed E-state index contributed by atoms with van der Waals surface area (Å²) in [5.74, 6) is 0.764. The summed E-state index contributed by atoms with van der Waals surface area (Å²) < 4.78 is 1.90. The van der Waals surface area contributed by atoms with E-state index in [1.54, 1.807) is 0 Å². The number of aryl methyl sites for hydroxylation is 1. The smallest absolute Gasteiger partial charge is 0.0680 e. The first kappa shape index (κ1) is 12.0. The summed E-state index contributed by atoms with van der Waals surface area (Å²) in [4.78, 5) is 0. The number of nitrogens with one attached hydrogen (secondary N) is 1. The Morgan fingerprint density at radius 3 is 2.76 bits per heavy atom. The summed E-state index contributed by atoms with van der Waals surface area (Å²) >= 11 is 0. The molecule has 1 N–H and O–H groups in total. The average Bonchev–Trinajstić information content (AvgIpc) is 2.72. The number of fused-ring (bicyclic) bond motifs is 1. The van der Waals surface area contributed by atoms with Crippen molar-refractivity contribution in [3.05, 3.63) is 24.4 Å². The Bertz CT molecular complexity index is 483. The number of benzene rings is 1. The maximum Gasteiger partial charge on any atom is 0.0680 e. The van der Waals surface area contributed by atoms with Crippen molar-refractivity contribution in [2.45, 2.75) is 26.7 Å². The van der Waals surface area contributed by atoms with Gasteiger partial charge in [0.1, 0.15) is 0 Å². The third kappa shape index (κ3) is 2.60. The van der Waals surface area contributed by atoms with Gasteiger partial charge in [-0.15, -0.1) is 0 Å². The number of hydrogen-bond acceptors (Lipinski definition) is 2. The highest BCUT2D eigenvalue weighted by Crippen LogP contribution is 2.19. The molecule has 0 radical (unpaired) electrons. The van der Waals surface area contributed by atoms with E-state index in [1.165, 1.54) is 29.4 Å². The summed E-state index contributed by atoms with van der Waals surface area (Å²) in [6, 6.07) is 6.43. The first-order valence-electron chi connectivity index (χ1n) is 6.40. The van der Waals surface area contributed by atoms with Gasteiger partial charge in [-0.05, 0) is 24.1 Å². The third-order valence-corrected chi connectivity index (χ3v) is 3.50. The summed E-state index contributed by atoms with van der Waals surface area (Å²) in [6.07, 6.45) is 4.38. The predicted octanol–water partition coefficient (Wildman–Crippen LogP) is 3.42. The second-order valence-electron chi connectivity index (χ2n) is 4.61. The van der Waals surface area contributed by atoms with E-state index in [2.05, 4.69) is 42.5 Å². The number of rotatable bonds is 5. The maximum atomic E-state index is 4.25. The fourth-order valence-corrected chi connectivity index (χ4v) is 2.11. The topological polar surface area (TPSA) is 29.9 Å². The molecule has 3 heteroatoms. The zero-order valence-electron chi connectivity index (χ0n) is 10.9. The molecule has 0 atom stereocenters. The van der Waals surface area contributed by atoms with Crippen molar-refractivity contribution in [2.24, 2.45) is 13.0 Å². The number of nitrogens with zero attached hydrogens (tertiary/aromatic N) is 2. The largest absolute Gasteiger partial charge is 0.385 e. The molecule has 2 rings (SSSR count). The SMILES string of the molecule is CCC(CC)CNc1ccc2c(cnn2C)c1. The molecule has 1 heterocycles. The van der Waals surface area contributed by atoms with E-state index in [0.717, 1.165) is 12.5 Å². The van der Waals surface area contributed by atoms with E-state index in [0.29, 0.717) is 0 Å². The standard InChI is InChI=1S/C14H21N3/c1-4-11(5-2)9-15-13-6-7-14-12(8-13)10-16-17(14)3/h6-8,10-11,15H,4-5,9H2,1-3H3. The zero-order valence-corrected chi connectivity index (χ0v) is 10.9. The minimum atomic E-state index is 0.764. The van der Waals surface area contributed by atoms with E-state index in [1.807, 2.05) is 17.9 Å². The van der Waals surface area contributed by atoms with Crippen molar-refractivity contribution in [3.8, 4) is 0 Å². The van der Waals surface area contributed by atoms with Crippen LogP contribution in [0.2, 0.25) is 0 Å². The molecule has 3 nitrogen and oxygen atoms in total. The van der Waals surface area contributed by atoms with Gasteiger partial charge < -0.3 is 5.32 Å². The van der Waals surface area contributed by atoms with Gasteiger partial charge in [0.25, 0.3) is 0 Å². The molecule has 0 amide bonds. The Morgan fingerprint density at radius 1 is 1.29 bits per heavy atom. The maximum absolute atomic E-state index is 4.25. The van der Waals surface area contributed by atoms with E-state index >= 15 is 0 Å². The van der Waals surface area contributed by atoms with Gasteiger partial charge in [-0.2, -0.15) is 5.10 Å². The molecule has 0 aliphatic carbocycles. The van der Waals surface area contributed by atoms with Gasteiger partial charge in [0.15, 0.2) is 0 Å². The quantitative estimate of drug-likeness (QED) is 0.854. The van der Waals surface area contributed by atoms with Gasteiger partial charge in [0.05, 0.1) is 11.7 Å². The highest BCUT2D eigenvalue weighted by Gasteiger charge is 2.04. The van der Waals surface area contributed by atoms with Gasteiger partial charge in [0.2, 0.25) is 0 Å². The molecule has 17 heavy (non-hydrogen) atoms. The first-order chi connectivity index (χ1) is 8.24. The molecule has 0 spiro atoms. The Kier molecular flexibility index (Phi) is 3.67. The van der Waals surface area contributed by atoms with Crippen LogP contribution in [0.1, 0.15) is 26.7 Å². The fraction of sp³-hybridized carbons (Fsp3) is 0.500. The minimum Gasteiger partial charge on any atom is -0.385 e. The lowest BCUT2D eigenvalue weighted by atomic mass is 10.0. The molecule has 0 unspecified atom stereocenters. The molecule has 92 valence electrons. The van der Waals surface area contributed by atoms with Gasteiger partial charge in [-0.3, -0.25) is 4.68 Å². The summed E-state index contributed by atoms with van der Waals surface area (Å²) in [5, 5.41) is 8.96. The molecule has 0 bridgehead atoms. The molecule has 0 saturated heterocycles. The van der Waals surface area contributed by atoms with Crippen LogP contribution in [0, 0.1) is 5.92 Å². The average molecular weight is 231 g/mol. The van der Waals surface area contributed by atoms with Crippen molar-refractivity contribution in [2.75, 3.05) is 11.9 Å². The van der Waals surface area contributed by atoms with E-state index in [9.17, 15) is 0 Å². The minimum absolute atomic E-state index is 0.764. The molecular formula is C14H21N3. The number of hydrogen-bond donors (Lipinski definition) is 1. The van der Waals surface area contributed by atoms with Crippen LogP contribution in [0.15, 0.2) is 24.4 Å². The van der Waals surface area contributed by atoms with Crippen LogP contribution >= 0.6 is 0 Å². The molecular weight excluding hydrogens is 210 g/mol. The van der Waals surface area contributed by atoms with Crippen molar-refractivity contribution in [3.63, 3.8) is 0 Å². The van der Waals surface area contributed by atoms with Crippen molar-refractivity contribution >= 4 is 16.6 Å². The van der Waals surface area contributed by atoms with Crippen molar-refractivity contribution in [1.82, 2.24) is 9.78 Å². The highest BCUT2D eigenvalue weighted by atomic mass is 15.2. The molecule has 0 aliphatic heterocycles. The van der Waals surface area contributed by atoms with Gasteiger partial charge in [-0.25, -0.2) is 0 Å². The van der Waals surface area contributed by atoms with Crippen LogP contribution in [-0.2, 0) is 7.05 Å². The van der Waals surface area contributed by atoms with Crippen LogP contribution in [0.25, 0.3) is 10.9 Å². The highest BCUT2D eigenvalue weighted by molar-refractivity contribution is 5.82. The molecule has 0 saturated carbocycles. The first-order valence-corrected chi connectivity index (χ1v) is 6.40. The lowest BCUT2D eigenvalue weighted by Gasteiger charge is -2.14. The van der Waals surface area contributed by atoms with Crippen LogP contribution in [0.3, 0.4) is 0 Å². The number of anilines is 1. The molecule has 1 aromatic heterocycles. The Morgan fingerprint density at radius 2 is 2.06 bits per heavy atom. The molecule has 0 fully saturated rings. The Labute approximate surface area is 103 Å². The van der Waals surface area contributed by atoms with Gasteiger partial charge in [-0.1, -0.05) is 26.7 Å². The van der Waals surface area contributed by atoms with Crippen molar-refractivity contribution in [1.29, 1.82) is 0 Å². The Balaban J connectivity index is 2.09. The van der Waals surface area contributed by atoms with Crippen LogP contribution in [-0.4, -0.2) is 16.3 Å². The van der Waals surface area contributed by atoms with E-state index < -0.39 is 0 Å². The fourth-order valence-electron chi connectivity index (χ4n) is 2.11. The second-order valence-corrected chi connectivity index (χ2v) is 4.61. The summed E-state index contributed by atoms with van der Waals surface area (Å²) in [7, 11) is 1.97. The Hall–Kier alpha value is -1.51.